The van der Waals surface area contributed by atoms with Gasteiger partial charge < -0.3 is 4.42 Å². The molecule has 3 rings (SSSR count). The summed E-state index contributed by atoms with van der Waals surface area (Å²) in [6, 6.07) is 11.8. The molecule has 10 heteroatoms. The summed E-state index contributed by atoms with van der Waals surface area (Å²) in [4.78, 5) is 24.1. The number of hydrazine groups is 1. The maximum absolute atomic E-state index is 13.7. The summed E-state index contributed by atoms with van der Waals surface area (Å²) in [6.45, 7) is 3.32. The number of furan rings is 1. The highest BCUT2D eigenvalue weighted by Gasteiger charge is 2.18. The van der Waals surface area contributed by atoms with E-state index in [1.807, 2.05) is 0 Å². The Hall–Kier alpha value is -3.66. The molecular weight excluding hydrogens is 413 g/mol. The van der Waals surface area contributed by atoms with E-state index in [-0.39, 0.29) is 21.7 Å². The van der Waals surface area contributed by atoms with Gasteiger partial charge in [-0.2, -0.15) is 0 Å². The van der Waals surface area contributed by atoms with Crippen LogP contribution in [0.5, 0.6) is 0 Å². The summed E-state index contributed by atoms with van der Waals surface area (Å²) in [5.74, 6) is -0.935. The highest BCUT2D eigenvalue weighted by atomic mass is 32.2. The van der Waals surface area contributed by atoms with Gasteiger partial charge in [0, 0.05) is 5.56 Å². The lowest BCUT2D eigenvalue weighted by atomic mass is 10.2. The molecular formula is C20H18FN3O5S. The van der Waals surface area contributed by atoms with Crippen LogP contribution >= 0.6 is 0 Å². The van der Waals surface area contributed by atoms with E-state index in [0.717, 1.165) is 6.07 Å². The number of para-hydroxylation sites is 1. The Labute approximate surface area is 172 Å². The van der Waals surface area contributed by atoms with Gasteiger partial charge in [0.2, 0.25) is 0 Å². The second-order valence-electron chi connectivity index (χ2n) is 6.34. The molecule has 0 radical (unpaired) electrons. The van der Waals surface area contributed by atoms with Crippen LogP contribution in [0, 0.1) is 19.7 Å². The molecule has 0 saturated heterocycles. The minimum atomic E-state index is -4.04. The number of hydrogen-bond acceptors (Lipinski definition) is 5. The van der Waals surface area contributed by atoms with Crippen molar-refractivity contribution in [1.82, 2.24) is 10.9 Å². The monoisotopic (exact) mass is 431 g/mol. The predicted molar refractivity (Wildman–Crippen MR) is 107 cm³/mol. The van der Waals surface area contributed by atoms with Crippen LogP contribution in [-0.2, 0) is 10.0 Å². The van der Waals surface area contributed by atoms with Crippen molar-refractivity contribution in [2.75, 3.05) is 4.72 Å². The smallest absolute Gasteiger partial charge is 0.273 e. The lowest BCUT2D eigenvalue weighted by Gasteiger charge is -2.10. The number of carbonyl (C=O) groups excluding carboxylic acids is 2. The quantitative estimate of drug-likeness (QED) is 0.537. The number of halogens is 1. The van der Waals surface area contributed by atoms with Crippen molar-refractivity contribution in [3.05, 3.63) is 83.1 Å². The van der Waals surface area contributed by atoms with Crippen molar-refractivity contribution < 1.29 is 26.8 Å². The van der Waals surface area contributed by atoms with Crippen LogP contribution < -0.4 is 15.6 Å². The highest BCUT2D eigenvalue weighted by molar-refractivity contribution is 7.92. The Kier molecular flexibility index (Phi) is 5.88. The van der Waals surface area contributed by atoms with Gasteiger partial charge in [-0.1, -0.05) is 12.1 Å². The highest BCUT2D eigenvalue weighted by Crippen LogP contribution is 2.19. The minimum Gasteiger partial charge on any atom is -0.466 e. The van der Waals surface area contributed by atoms with Gasteiger partial charge in [-0.05, 0) is 56.3 Å². The van der Waals surface area contributed by atoms with E-state index in [4.69, 9.17) is 4.42 Å². The molecule has 0 atom stereocenters. The zero-order valence-electron chi connectivity index (χ0n) is 16.0. The number of nitrogens with one attached hydrogen (secondary N) is 3. The Morgan fingerprint density at radius 1 is 0.933 bits per heavy atom. The molecule has 156 valence electrons. The van der Waals surface area contributed by atoms with Gasteiger partial charge in [-0.15, -0.1) is 0 Å². The average Bonchev–Trinajstić information content (AvgIpc) is 3.05. The summed E-state index contributed by atoms with van der Waals surface area (Å²) in [5.41, 5.74) is 4.72. The van der Waals surface area contributed by atoms with Crippen LogP contribution in [0.3, 0.4) is 0 Å². The molecule has 0 aliphatic heterocycles. The molecule has 0 saturated carbocycles. The lowest BCUT2D eigenvalue weighted by Crippen LogP contribution is -2.41. The first kappa shape index (κ1) is 21.1. The maximum atomic E-state index is 13.7. The molecule has 2 aromatic carbocycles. The number of rotatable bonds is 5. The number of amides is 2. The molecule has 1 aromatic heterocycles. The Balaban J connectivity index is 1.66. The van der Waals surface area contributed by atoms with Crippen LogP contribution in [-0.4, -0.2) is 20.2 Å². The van der Waals surface area contributed by atoms with E-state index in [9.17, 15) is 22.4 Å². The first-order valence-corrected chi connectivity index (χ1v) is 10.2. The molecule has 30 heavy (non-hydrogen) atoms. The van der Waals surface area contributed by atoms with Crippen molar-refractivity contribution in [2.24, 2.45) is 0 Å². The molecule has 0 fully saturated rings. The number of hydrogen-bond donors (Lipinski definition) is 3. The van der Waals surface area contributed by atoms with Crippen LogP contribution in [0.2, 0.25) is 0 Å². The fourth-order valence-electron chi connectivity index (χ4n) is 2.64. The van der Waals surface area contributed by atoms with Crippen molar-refractivity contribution in [3.63, 3.8) is 0 Å². The van der Waals surface area contributed by atoms with Crippen molar-refractivity contribution in [1.29, 1.82) is 0 Å². The summed E-state index contributed by atoms with van der Waals surface area (Å²) in [6.07, 6.45) is 0. The maximum Gasteiger partial charge on any atom is 0.273 e. The standard InChI is InChI=1S/C20H18FN3O5S/c1-12-11-16(13(2)29-12)20(26)23-22-19(25)14-7-9-15(10-8-14)30(27,28)24-18-6-4-3-5-17(18)21/h3-11,24H,1-2H3,(H,22,25)(H,23,26). The van der Waals surface area contributed by atoms with Gasteiger partial charge in [0.05, 0.1) is 16.1 Å². The number of carbonyl (C=O) groups is 2. The van der Waals surface area contributed by atoms with E-state index in [2.05, 4.69) is 15.6 Å². The Morgan fingerprint density at radius 3 is 2.17 bits per heavy atom. The van der Waals surface area contributed by atoms with Crippen LogP contribution in [0.25, 0.3) is 0 Å². The number of sulfonamides is 1. The summed E-state index contributed by atoms with van der Waals surface area (Å²) in [7, 11) is -4.04. The molecule has 0 aliphatic rings. The van der Waals surface area contributed by atoms with Crippen LogP contribution in [0.1, 0.15) is 32.2 Å². The van der Waals surface area contributed by atoms with Gasteiger partial charge in [-0.25, -0.2) is 12.8 Å². The minimum absolute atomic E-state index is 0.111. The molecule has 3 N–H and O–H groups in total. The van der Waals surface area contributed by atoms with Crippen LogP contribution in [0.15, 0.2) is 63.9 Å². The first-order valence-electron chi connectivity index (χ1n) is 8.72. The third-order valence-electron chi connectivity index (χ3n) is 4.12. The van der Waals surface area contributed by atoms with Crippen LogP contribution in [0.4, 0.5) is 10.1 Å². The van der Waals surface area contributed by atoms with E-state index in [0.29, 0.717) is 11.5 Å². The third-order valence-corrected chi connectivity index (χ3v) is 5.50. The molecule has 0 bridgehead atoms. The Morgan fingerprint density at radius 2 is 1.57 bits per heavy atom. The second-order valence-corrected chi connectivity index (χ2v) is 8.03. The van der Waals surface area contributed by atoms with Gasteiger partial charge in [0.15, 0.2) is 0 Å². The molecule has 8 nitrogen and oxygen atoms in total. The topological polar surface area (TPSA) is 118 Å². The fourth-order valence-corrected chi connectivity index (χ4v) is 3.71. The van der Waals surface area contributed by atoms with E-state index in [1.54, 1.807) is 19.9 Å². The normalized spacial score (nSPS) is 11.0. The average molecular weight is 431 g/mol. The van der Waals surface area contributed by atoms with Crippen molar-refractivity contribution >= 4 is 27.5 Å². The molecule has 0 aliphatic carbocycles. The predicted octanol–water partition coefficient (Wildman–Crippen LogP) is 2.91. The van der Waals surface area contributed by atoms with E-state index < -0.39 is 27.7 Å². The molecule has 3 aromatic rings. The molecule has 1 heterocycles. The third kappa shape index (κ3) is 4.66. The fraction of sp³-hybridized carbons (Fsp3) is 0.100. The first-order chi connectivity index (χ1) is 14.2. The van der Waals surface area contributed by atoms with Gasteiger partial charge in [-0.3, -0.25) is 25.2 Å². The lowest BCUT2D eigenvalue weighted by molar-refractivity contribution is 0.0845. The zero-order chi connectivity index (χ0) is 21.9. The number of anilines is 1. The van der Waals surface area contributed by atoms with E-state index >= 15 is 0 Å². The molecule has 0 spiro atoms. The van der Waals surface area contributed by atoms with Gasteiger partial charge in [0.1, 0.15) is 17.3 Å². The molecule has 0 unspecified atom stereocenters. The summed E-state index contributed by atoms with van der Waals surface area (Å²) < 4.78 is 45.9. The SMILES string of the molecule is Cc1cc(C(=O)NNC(=O)c2ccc(S(=O)(=O)Nc3ccccc3F)cc2)c(C)o1. The Bertz CT molecular complexity index is 1200. The van der Waals surface area contributed by atoms with Crippen molar-refractivity contribution in [2.45, 2.75) is 18.7 Å². The number of benzene rings is 2. The van der Waals surface area contributed by atoms with Gasteiger partial charge in [0.25, 0.3) is 21.8 Å². The van der Waals surface area contributed by atoms with Gasteiger partial charge >= 0.3 is 0 Å². The van der Waals surface area contributed by atoms with E-state index in [1.165, 1.54) is 42.5 Å². The van der Waals surface area contributed by atoms with Crippen molar-refractivity contribution in [3.8, 4) is 0 Å². The summed E-state index contributed by atoms with van der Waals surface area (Å²) >= 11 is 0. The zero-order valence-corrected chi connectivity index (χ0v) is 16.8. The second kappa shape index (κ2) is 8.37. The largest absolute Gasteiger partial charge is 0.466 e. The number of aryl methyl sites for hydroxylation is 2. The summed E-state index contributed by atoms with van der Waals surface area (Å²) in [5, 5.41) is 0. The molecule has 2 amide bonds.